The molecule has 1 rings (SSSR count). The SMILES string of the molecule is CCCCOCCCNC(=NCC(NC(=O)OCC)C1CC1)NCC. The molecule has 1 saturated carbocycles. The van der Waals surface area contributed by atoms with Crippen LogP contribution in [0.25, 0.3) is 0 Å². The molecule has 0 heterocycles. The zero-order valence-corrected chi connectivity index (χ0v) is 16.1. The Morgan fingerprint density at radius 3 is 2.56 bits per heavy atom. The van der Waals surface area contributed by atoms with Crippen molar-refractivity contribution in [3.05, 3.63) is 0 Å². The molecule has 25 heavy (non-hydrogen) atoms. The van der Waals surface area contributed by atoms with Crippen LogP contribution >= 0.6 is 0 Å². The molecular formula is C18H36N4O3. The number of hydrogen-bond donors (Lipinski definition) is 3. The van der Waals surface area contributed by atoms with Gasteiger partial charge in [-0.3, -0.25) is 4.99 Å². The van der Waals surface area contributed by atoms with Gasteiger partial charge >= 0.3 is 6.09 Å². The Hall–Kier alpha value is -1.50. The first kappa shape index (κ1) is 21.5. The highest BCUT2D eigenvalue weighted by atomic mass is 16.5. The van der Waals surface area contributed by atoms with Crippen molar-refractivity contribution in [1.29, 1.82) is 0 Å². The topological polar surface area (TPSA) is 84.0 Å². The number of carbonyl (C=O) groups excluding carboxylic acids is 1. The van der Waals surface area contributed by atoms with Gasteiger partial charge in [0.15, 0.2) is 5.96 Å². The normalized spacial score (nSPS) is 15.6. The molecule has 1 fully saturated rings. The van der Waals surface area contributed by atoms with Crippen LogP contribution in [0.4, 0.5) is 4.79 Å². The summed E-state index contributed by atoms with van der Waals surface area (Å²) < 4.78 is 10.5. The van der Waals surface area contributed by atoms with Crippen LogP contribution in [0.15, 0.2) is 4.99 Å². The summed E-state index contributed by atoms with van der Waals surface area (Å²) >= 11 is 0. The molecule has 0 aromatic rings. The van der Waals surface area contributed by atoms with Gasteiger partial charge in [-0.2, -0.15) is 0 Å². The van der Waals surface area contributed by atoms with Gasteiger partial charge in [-0.05, 0) is 45.4 Å². The molecular weight excluding hydrogens is 320 g/mol. The summed E-state index contributed by atoms with van der Waals surface area (Å²) in [5.41, 5.74) is 0. The highest BCUT2D eigenvalue weighted by Gasteiger charge is 2.32. The van der Waals surface area contributed by atoms with E-state index in [1.54, 1.807) is 0 Å². The van der Waals surface area contributed by atoms with Crippen molar-refractivity contribution in [3.8, 4) is 0 Å². The fraction of sp³-hybridized carbons (Fsp3) is 0.889. The minimum absolute atomic E-state index is 0.0480. The number of rotatable bonds is 13. The van der Waals surface area contributed by atoms with E-state index in [9.17, 15) is 4.79 Å². The van der Waals surface area contributed by atoms with E-state index >= 15 is 0 Å². The third-order valence-corrected chi connectivity index (χ3v) is 3.96. The van der Waals surface area contributed by atoms with Gasteiger partial charge in [0.05, 0.1) is 19.2 Å². The van der Waals surface area contributed by atoms with Crippen molar-refractivity contribution in [2.45, 2.75) is 58.9 Å². The summed E-state index contributed by atoms with van der Waals surface area (Å²) in [6.45, 7) is 10.2. The lowest BCUT2D eigenvalue weighted by molar-refractivity contribution is 0.129. The third kappa shape index (κ3) is 10.9. The van der Waals surface area contributed by atoms with Crippen LogP contribution in [0.2, 0.25) is 0 Å². The Morgan fingerprint density at radius 1 is 1.16 bits per heavy atom. The van der Waals surface area contributed by atoms with E-state index < -0.39 is 0 Å². The zero-order chi connectivity index (χ0) is 18.3. The summed E-state index contributed by atoms with van der Waals surface area (Å²) in [5.74, 6) is 1.30. The second kappa shape index (κ2) is 13.8. The molecule has 7 heteroatoms. The van der Waals surface area contributed by atoms with Crippen LogP contribution in [0.5, 0.6) is 0 Å². The van der Waals surface area contributed by atoms with Gasteiger partial charge in [0.2, 0.25) is 0 Å². The minimum atomic E-state index is -0.350. The molecule has 7 nitrogen and oxygen atoms in total. The quantitative estimate of drug-likeness (QED) is 0.268. The molecule has 146 valence electrons. The van der Waals surface area contributed by atoms with Crippen LogP contribution in [0, 0.1) is 5.92 Å². The first-order valence-electron chi connectivity index (χ1n) is 9.74. The lowest BCUT2D eigenvalue weighted by Gasteiger charge is -2.17. The summed E-state index contributed by atoms with van der Waals surface area (Å²) in [6.07, 6.45) is 5.17. The number of alkyl carbamates (subject to hydrolysis) is 1. The van der Waals surface area contributed by atoms with Crippen LogP contribution < -0.4 is 16.0 Å². The second-order valence-electron chi connectivity index (χ2n) is 6.27. The first-order chi connectivity index (χ1) is 12.2. The van der Waals surface area contributed by atoms with Crippen LogP contribution in [0.1, 0.15) is 52.9 Å². The molecule has 0 aliphatic heterocycles. The van der Waals surface area contributed by atoms with Crippen LogP contribution in [-0.4, -0.2) is 57.5 Å². The van der Waals surface area contributed by atoms with Gasteiger partial charge in [-0.1, -0.05) is 13.3 Å². The Kier molecular flexibility index (Phi) is 11.9. The van der Waals surface area contributed by atoms with E-state index in [0.29, 0.717) is 19.1 Å². The van der Waals surface area contributed by atoms with Gasteiger partial charge in [0.1, 0.15) is 0 Å². The van der Waals surface area contributed by atoms with Gasteiger partial charge in [-0.25, -0.2) is 4.79 Å². The smallest absolute Gasteiger partial charge is 0.407 e. The highest BCUT2D eigenvalue weighted by Crippen LogP contribution is 2.32. The van der Waals surface area contributed by atoms with E-state index in [0.717, 1.165) is 64.4 Å². The number of guanidine groups is 1. The number of nitrogens with zero attached hydrogens (tertiary/aromatic N) is 1. The van der Waals surface area contributed by atoms with Crippen LogP contribution in [0.3, 0.4) is 0 Å². The Bertz CT molecular complexity index is 387. The molecule has 0 spiro atoms. The molecule has 0 aromatic heterocycles. The minimum Gasteiger partial charge on any atom is -0.450 e. The summed E-state index contributed by atoms with van der Waals surface area (Å²) in [5, 5.41) is 9.49. The predicted octanol–water partition coefficient (Wildman–Crippen LogP) is 2.27. The Labute approximate surface area is 152 Å². The average molecular weight is 357 g/mol. The van der Waals surface area contributed by atoms with E-state index in [4.69, 9.17) is 9.47 Å². The number of nitrogens with one attached hydrogen (secondary N) is 3. The highest BCUT2D eigenvalue weighted by molar-refractivity contribution is 5.79. The maximum Gasteiger partial charge on any atom is 0.407 e. The van der Waals surface area contributed by atoms with Crippen molar-refractivity contribution < 1.29 is 14.3 Å². The lowest BCUT2D eigenvalue weighted by Crippen LogP contribution is -2.42. The number of aliphatic imine (C=N–C) groups is 1. The molecule has 1 unspecified atom stereocenters. The largest absolute Gasteiger partial charge is 0.450 e. The van der Waals surface area contributed by atoms with E-state index in [2.05, 4.69) is 27.9 Å². The summed E-state index contributed by atoms with van der Waals surface area (Å²) in [4.78, 5) is 16.3. The monoisotopic (exact) mass is 356 g/mol. The molecule has 0 aromatic carbocycles. The van der Waals surface area contributed by atoms with E-state index in [-0.39, 0.29) is 12.1 Å². The van der Waals surface area contributed by atoms with Gasteiger partial charge in [0.25, 0.3) is 0 Å². The number of ether oxygens (including phenoxy) is 2. The maximum atomic E-state index is 11.6. The zero-order valence-electron chi connectivity index (χ0n) is 16.1. The fourth-order valence-corrected chi connectivity index (χ4v) is 2.40. The number of carbonyl (C=O) groups is 1. The molecule has 0 saturated heterocycles. The van der Waals surface area contributed by atoms with Crippen molar-refractivity contribution >= 4 is 12.1 Å². The Morgan fingerprint density at radius 2 is 1.92 bits per heavy atom. The number of amides is 1. The van der Waals surface area contributed by atoms with Gasteiger partial charge in [-0.15, -0.1) is 0 Å². The standard InChI is InChI=1S/C18H36N4O3/c1-4-7-12-24-13-8-11-20-17(19-5-2)21-14-16(15-9-10-15)22-18(23)25-6-3/h15-16H,4-14H2,1-3H3,(H,22,23)(H2,19,20,21). The van der Waals surface area contributed by atoms with E-state index in [1.165, 1.54) is 0 Å². The average Bonchev–Trinajstić information content (AvgIpc) is 3.42. The van der Waals surface area contributed by atoms with Crippen molar-refractivity contribution in [1.82, 2.24) is 16.0 Å². The molecule has 0 bridgehead atoms. The summed E-state index contributed by atoms with van der Waals surface area (Å²) in [7, 11) is 0. The van der Waals surface area contributed by atoms with Crippen LogP contribution in [-0.2, 0) is 9.47 Å². The lowest BCUT2D eigenvalue weighted by atomic mass is 10.2. The molecule has 3 N–H and O–H groups in total. The van der Waals surface area contributed by atoms with Gasteiger partial charge in [0, 0.05) is 26.3 Å². The maximum absolute atomic E-state index is 11.6. The molecule has 1 amide bonds. The number of hydrogen-bond acceptors (Lipinski definition) is 4. The predicted molar refractivity (Wildman–Crippen MR) is 101 cm³/mol. The van der Waals surface area contributed by atoms with Crippen molar-refractivity contribution in [2.75, 3.05) is 39.5 Å². The van der Waals surface area contributed by atoms with Gasteiger partial charge < -0.3 is 25.4 Å². The molecule has 1 atom stereocenters. The number of unbranched alkanes of at least 4 members (excludes halogenated alkanes) is 1. The van der Waals surface area contributed by atoms with E-state index in [1.807, 2.05) is 13.8 Å². The Balaban J connectivity index is 2.32. The molecule has 1 aliphatic carbocycles. The molecule has 1 aliphatic rings. The molecule has 0 radical (unpaired) electrons. The second-order valence-corrected chi connectivity index (χ2v) is 6.27. The first-order valence-corrected chi connectivity index (χ1v) is 9.74. The third-order valence-electron chi connectivity index (χ3n) is 3.96. The van der Waals surface area contributed by atoms with Crippen molar-refractivity contribution in [2.24, 2.45) is 10.9 Å². The fourth-order valence-electron chi connectivity index (χ4n) is 2.40. The summed E-state index contributed by atoms with van der Waals surface area (Å²) in [6, 6.07) is 0.0480. The van der Waals surface area contributed by atoms with Crippen molar-refractivity contribution in [3.63, 3.8) is 0 Å².